The van der Waals surface area contributed by atoms with Gasteiger partial charge in [0.2, 0.25) is 0 Å². The van der Waals surface area contributed by atoms with Gasteiger partial charge >= 0.3 is 0 Å². The molecule has 0 aromatic heterocycles. The van der Waals surface area contributed by atoms with Crippen LogP contribution in [0.5, 0.6) is 0 Å². The molecule has 0 radical (unpaired) electrons. The number of aliphatic hydroxyl groups excluding tert-OH is 1. The molecule has 0 aliphatic heterocycles. The highest BCUT2D eigenvalue weighted by molar-refractivity contribution is 5.25. The second-order valence-electron chi connectivity index (χ2n) is 6.18. The SMILES string of the molecule is C[C@@H]1CC[C@@H](C(C)(C)c2ccccc2)[C@H](O)C1.O. The molecule has 2 heteroatoms. The van der Waals surface area contributed by atoms with E-state index in [2.05, 4.69) is 51.1 Å². The van der Waals surface area contributed by atoms with E-state index in [1.807, 2.05) is 0 Å². The van der Waals surface area contributed by atoms with Gasteiger partial charge in [-0.3, -0.25) is 0 Å². The third-order valence-electron chi connectivity index (χ3n) is 4.52. The molecule has 3 N–H and O–H groups in total. The Kier molecular flexibility index (Phi) is 4.94. The Morgan fingerprint density at radius 3 is 2.28 bits per heavy atom. The van der Waals surface area contributed by atoms with Crippen molar-refractivity contribution in [2.75, 3.05) is 0 Å². The van der Waals surface area contributed by atoms with Gasteiger partial charge < -0.3 is 10.6 Å². The van der Waals surface area contributed by atoms with Crippen molar-refractivity contribution < 1.29 is 10.6 Å². The number of hydrogen-bond donors (Lipinski definition) is 1. The zero-order chi connectivity index (χ0) is 12.5. The summed E-state index contributed by atoms with van der Waals surface area (Å²) in [5.74, 6) is 1.06. The fourth-order valence-corrected chi connectivity index (χ4v) is 3.27. The molecule has 1 aromatic rings. The van der Waals surface area contributed by atoms with Crippen LogP contribution in [0.2, 0.25) is 0 Å². The van der Waals surface area contributed by atoms with Crippen LogP contribution in [0.15, 0.2) is 30.3 Å². The molecule has 0 bridgehead atoms. The van der Waals surface area contributed by atoms with Crippen LogP contribution in [-0.2, 0) is 5.41 Å². The summed E-state index contributed by atoms with van der Waals surface area (Å²) in [6, 6.07) is 10.6. The molecule has 0 saturated heterocycles. The van der Waals surface area contributed by atoms with Gasteiger partial charge in [-0.2, -0.15) is 0 Å². The molecule has 1 fully saturated rings. The third-order valence-corrected chi connectivity index (χ3v) is 4.52. The predicted octanol–water partition coefficient (Wildman–Crippen LogP) is 2.94. The van der Waals surface area contributed by atoms with E-state index < -0.39 is 0 Å². The second kappa shape index (κ2) is 5.85. The fraction of sp³-hybridized carbons (Fsp3) is 0.625. The maximum Gasteiger partial charge on any atom is 0.0579 e. The minimum atomic E-state index is -0.144. The van der Waals surface area contributed by atoms with Gasteiger partial charge in [-0.1, -0.05) is 57.5 Å². The molecule has 2 nitrogen and oxygen atoms in total. The van der Waals surface area contributed by atoms with E-state index in [9.17, 15) is 5.11 Å². The summed E-state index contributed by atoms with van der Waals surface area (Å²) in [6.07, 6.45) is 3.21. The van der Waals surface area contributed by atoms with E-state index in [1.54, 1.807) is 0 Å². The van der Waals surface area contributed by atoms with Gasteiger partial charge in [0.15, 0.2) is 0 Å². The average Bonchev–Trinajstić information content (AvgIpc) is 2.29. The van der Waals surface area contributed by atoms with Gasteiger partial charge in [0.1, 0.15) is 0 Å². The summed E-state index contributed by atoms with van der Waals surface area (Å²) in [5.41, 5.74) is 1.42. The second-order valence-corrected chi connectivity index (χ2v) is 6.18. The van der Waals surface area contributed by atoms with Crippen molar-refractivity contribution in [3.63, 3.8) is 0 Å². The third kappa shape index (κ3) is 2.93. The summed E-state index contributed by atoms with van der Waals surface area (Å²) in [7, 11) is 0. The van der Waals surface area contributed by atoms with E-state index in [-0.39, 0.29) is 17.0 Å². The van der Waals surface area contributed by atoms with Crippen LogP contribution in [0.1, 0.15) is 45.6 Å². The van der Waals surface area contributed by atoms with Crippen molar-refractivity contribution in [3.8, 4) is 0 Å². The van der Waals surface area contributed by atoms with Crippen LogP contribution in [0.3, 0.4) is 0 Å². The molecule has 18 heavy (non-hydrogen) atoms. The largest absolute Gasteiger partial charge is 0.412 e. The first-order valence-corrected chi connectivity index (χ1v) is 6.75. The molecule has 1 aliphatic rings. The molecule has 1 aliphatic carbocycles. The molecule has 0 unspecified atom stereocenters. The lowest BCUT2D eigenvalue weighted by atomic mass is 9.64. The Hall–Kier alpha value is -0.860. The summed E-state index contributed by atoms with van der Waals surface area (Å²) < 4.78 is 0. The molecular formula is C16H26O2. The fourth-order valence-electron chi connectivity index (χ4n) is 3.27. The van der Waals surface area contributed by atoms with E-state index in [1.165, 1.54) is 12.0 Å². The monoisotopic (exact) mass is 250 g/mol. The Morgan fingerprint density at radius 2 is 1.72 bits per heavy atom. The first-order chi connectivity index (χ1) is 8.01. The number of rotatable bonds is 2. The lowest BCUT2D eigenvalue weighted by Crippen LogP contribution is -2.41. The van der Waals surface area contributed by atoms with Crippen LogP contribution >= 0.6 is 0 Å². The summed E-state index contributed by atoms with van der Waals surface area (Å²) in [6.45, 7) is 6.79. The Balaban J connectivity index is 0.00000162. The molecule has 0 heterocycles. The lowest BCUT2D eigenvalue weighted by Gasteiger charge is -2.42. The molecule has 102 valence electrons. The zero-order valence-electron chi connectivity index (χ0n) is 11.7. The summed E-state index contributed by atoms with van der Waals surface area (Å²) in [5, 5.41) is 10.3. The topological polar surface area (TPSA) is 51.7 Å². The highest BCUT2D eigenvalue weighted by Gasteiger charge is 2.38. The van der Waals surface area contributed by atoms with Crippen molar-refractivity contribution in [3.05, 3.63) is 35.9 Å². The predicted molar refractivity (Wildman–Crippen MR) is 75.6 cm³/mol. The number of aliphatic hydroxyl groups is 1. The summed E-state index contributed by atoms with van der Waals surface area (Å²) >= 11 is 0. The van der Waals surface area contributed by atoms with E-state index in [4.69, 9.17) is 0 Å². The van der Waals surface area contributed by atoms with Gasteiger partial charge in [0, 0.05) is 0 Å². The van der Waals surface area contributed by atoms with Crippen molar-refractivity contribution in [1.82, 2.24) is 0 Å². The van der Waals surface area contributed by atoms with Crippen LogP contribution < -0.4 is 0 Å². The maximum absolute atomic E-state index is 10.3. The van der Waals surface area contributed by atoms with E-state index in [0.717, 1.165) is 12.8 Å². The number of hydrogen-bond acceptors (Lipinski definition) is 1. The first-order valence-electron chi connectivity index (χ1n) is 6.75. The highest BCUT2D eigenvalue weighted by atomic mass is 16.3. The van der Waals surface area contributed by atoms with Crippen molar-refractivity contribution in [1.29, 1.82) is 0 Å². The van der Waals surface area contributed by atoms with Crippen molar-refractivity contribution >= 4 is 0 Å². The van der Waals surface area contributed by atoms with Crippen LogP contribution in [-0.4, -0.2) is 16.7 Å². The van der Waals surface area contributed by atoms with Crippen LogP contribution in [0.4, 0.5) is 0 Å². The molecule has 3 atom stereocenters. The van der Waals surface area contributed by atoms with Crippen molar-refractivity contribution in [2.45, 2.75) is 51.6 Å². The molecule has 2 rings (SSSR count). The molecule has 0 spiro atoms. The molecule has 0 amide bonds. The summed E-state index contributed by atoms with van der Waals surface area (Å²) in [4.78, 5) is 0. The maximum atomic E-state index is 10.3. The Morgan fingerprint density at radius 1 is 1.11 bits per heavy atom. The highest BCUT2D eigenvalue weighted by Crippen LogP contribution is 2.42. The van der Waals surface area contributed by atoms with Gasteiger partial charge in [-0.25, -0.2) is 0 Å². The Bertz CT molecular complexity index is 359. The quantitative estimate of drug-likeness (QED) is 0.862. The van der Waals surface area contributed by atoms with E-state index in [0.29, 0.717) is 11.8 Å². The number of benzene rings is 1. The van der Waals surface area contributed by atoms with Crippen LogP contribution in [0, 0.1) is 11.8 Å². The normalized spacial score (nSPS) is 28.6. The minimum absolute atomic E-state index is 0. The standard InChI is InChI=1S/C16H24O.H2O/c1-12-9-10-14(15(17)11-12)16(2,3)13-7-5-4-6-8-13;/h4-8,12,14-15,17H,9-11H2,1-3H3;1H2/t12-,14-,15-;/m1./s1. The van der Waals surface area contributed by atoms with Gasteiger partial charge in [0.25, 0.3) is 0 Å². The first kappa shape index (κ1) is 15.2. The Labute approximate surface area is 110 Å². The van der Waals surface area contributed by atoms with Gasteiger partial charge in [0.05, 0.1) is 6.10 Å². The average molecular weight is 250 g/mol. The lowest BCUT2D eigenvalue weighted by molar-refractivity contribution is 0.0143. The van der Waals surface area contributed by atoms with Gasteiger partial charge in [-0.15, -0.1) is 0 Å². The van der Waals surface area contributed by atoms with E-state index >= 15 is 0 Å². The van der Waals surface area contributed by atoms with Gasteiger partial charge in [-0.05, 0) is 35.7 Å². The molecule has 1 aromatic carbocycles. The molecule has 1 saturated carbocycles. The van der Waals surface area contributed by atoms with Crippen molar-refractivity contribution in [2.24, 2.45) is 11.8 Å². The zero-order valence-corrected chi connectivity index (χ0v) is 11.7. The van der Waals surface area contributed by atoms with Crippen LogP contribution in [0.25, 0.3) is 0 Å². The minimum Gasteiger partial charge on any atom is -0.412 e. The smallest absolute Gasteiger partial charge is 0.0579 e. The molecular weight excluding hydrogens is 224 g/mol.